The van der Waals surface area contributed by atoms with Crippen molar-refractivity contribution in [2.24, 2.45) is 0 Å². The molecular formula is C71H53N3. The Hall–Kier alpha value is -9.31. The molecule has 0 bridgehead atoms. The molecule has 2 heterocycles. The van der Waals surface area contributed by atoms with Crippen molar-refractivity contribution >= 4 is 32.8 Å². The first kappa shape index (κ1) is 44.6. The first-order valence-electron chi connectivity index (χ1n) is 25.7. The molecule has 11 aromatic carbocycles. The van der Waals surface area contributed by atoms with Gasteiger partial charge in [-0.15, -0.1) is 0 Å². The van der Waals surface area contributed by atoms with Gasteiger partial charge in [0.25, 0.3) is 0 Å². The van der Waals surface area contributed by atoms with E-state index >= 15 is 0 Å². The molecule has 0 saturated heterocycles. The number of hydrogen-bond acceptors (Lipinski definition) is 1. The van der Waals surface area contributed by atoms with Crippen LogP contribution in [0.25, 0.3) is 100 Å². The topological polar surface area (TPSA) is 22.8 Å². The number of fused-ring (bicyclic) bond motifs is 4. The van der Waals surface area contributed by atoms with Crippen LogP contribution in [-0.2, 0) is 0 Å². The maximum Gasteiger partial charge on any atom is 0.145 e. The fraction of sp³-hybridized carbons (Fsp3) is 0.0563. The molecule has 0 atom stereocenters. The zero-order chi connectivity index (χ0) is 49.7. The molecule has 13 rings (SSSR count). The largest absolute Gasteiger partial charge is 0.309 e. The third-order valence-corrected chi connectivity index (χ3v) is 15.2. The average molecular weight is 948 g/mol. The fourth-order valence-corrected chi connectivity index (χ4v) is 11.7. The second-order valence-electron chi connectivity index (χ2n) is 19.5. The summed E-state index contributed by atoms with van der Waals surface area (Å²) in [6.07, 6.45) is 0. The first-order valence-corrected chi connectivity index (χ1v) is 25.7. The third kappa shape index (κ3) is 7.64. The number of aryl methyl sites for hydroxylation is 3. The van der Waals surface area contributed by atoms with Crippen molar-refractivity contribution in [1.82, 2.24) is 14.1 Å². The molecule has 0 aliphatic carbocycles. The second kappa shape index (κ2) is 18.7. The fourth-order valence-electron chi connectivity index (χ4n) is 11.7. The molecule has 0 aliphatic heterocycles. The molecular weight excluding hydrogens is 895 g/mol. The van der Waals surface area contributed by atoms with Crippen molar-refractivity contribution in [3.63, 3.8) is 0 Å². The quantitative estimate of drug-likeness (QED) is 0.125. The number of benzene rings is 11. The maximum atomic E-state index is 5.27. The highest BCUT2D eigenvalue weighted by Gasteiger charge is 2.29. The first-order chi connectivity index (χ1) is 36.5. The molecule has 0 radical (unpaired) electrons. The summed E-state index contributed by atoms with van der Waals surface area (Å²) in [4.78, 5) is 5.27. The van der Waals surface area contributed by atoms with Gasteiger partial charge in [-0.2, -0.15) is 0 Å². The predicted octanol–water partition coefficient (Wildman–Crippen LogP) is 18.6. The average Bonchev–Trinajstić information content (AvgIpc) is 4.00. The molecule has 0 fully saturated rings. The van der Waals surface area contributed by atoms with Gasteiger partial charge in [0.15, 0.2) is 0 Å². The normalized spacial score (nSPS) is 11.6. The number of aromatic nitrogens is 3. The van der Waals surface area contributed by atoms with Crippen LogP contribution in [0.1, 0.15) is 39.3 Å². The second-order valence-corrected chi connectivity index (χ2v) is 19.5. The molecule has 13 aromatic rings. The Kier molecular flexibility index (Phi) is 11.3. The lowest BCUT2D eigenvalue weighted by atomic mass is 9.74. The minimum Gasteiger partial charge on any atom is -0.309 e. The predicted molar refractivity (Wildman–Crippen MR) is 311 cm³/mol. The van der Waals surface area contributed by atoms with Crippen LogP contribution in [0.3, 0.4) is 0 Å². The van der Waals surface area contributed by atoms with E-state index in [9.17, 15) is 0 Å². The van der Waals surface area contributed by atoms with Gasteiger partial charge < -0.3 is 4.57 Å². The highest BCUT2D eigenvalue weighted by Crippen LogP contribution is 2.49. The number of rotatable bonds is 10. The van der Waals surface area contributed by atoms with Gasteiger partial charge >= 0.3 is 0 Å². The van der Waals surface area contributed by atoms with Gasteiger partial charge in [-0.1, -0.05) is 212 Å². The summed E-state index contributed by atoms with van der Waals surface area (Å²) in [7, 11) is 0. The molecule has 3 nitrogen and oxygen atoms in total. The number of para-hydroxylation sites is 4. The van der Waals surface area contributed by atoms with Crippen molar-refractivity contribution in [2.75, 3.05) is 0 Å². The Labute approximate surface area is 433 Å². The number of imidazole rings is 1. The van der Waals surface area contributed by atoms with Gasteiger partial charge in [0.1, 0.15) is 5.82 Å². The van der Waals surface area contributed by atoms with Gasteiger partial charge in [0, 0.05) is 33.6 Å². The van der Waals surface area contributed by atoms with E-state index in [1.807, 2.05) is 0 Å². The summed E-state index contributed by atoms with van der Waals surface area (Å²) >= 11 is 0. The lowest BCUT2D eigenvalue weighted by Gasteiger charge is -2.29. The smallest absolute Gasteiger partial charge is 0.145 e. The Balaban J connectivity index is 1.01. The Morgan fingerprint density at radius 1 is 0.311 bits per heavy atom. The highest BCUT2D eigenvalue weighted by molar-refractivity contribution is 6.10. The molecule has 0 N–H and O–H groups in total. The monoisotopic (exact) mass is 947 g/mol. The van der Waals surface area contributed by atoms with Crippen LogP contribution in [0.15, 0.2) is 261 Å². The molecule has 2 aromatic heterocycles. The van der Waals surface area contributed by atoms with Gasteiger partial charge in [-0.3, -0.25) is 4.57 Å². The molecule has 0 unspecified atom stereocenters. The summed E-state index contributed by atoms with van der Waals surface area (Å²) < 4.78 is 4.71. The number of nitrogens with zero attached hydrogens (tertiary/aromatic N) is 3. The summed E-state index contributed by atoms with van der Waals surface area (Å²) in [6.45, 7) is 6.71. The molecule has 0 saturated carbocycles. The Bertz CT molecular complexity index is 4140. The lowest BCUT2D eigenvalue weighted by molar-refractivity contribution is 0.983. The standard InChI is InChI=1S/C71H53N3/c1-47-22-7-10-27-54(47)58-30-13-15-33-62(58)70(63-34-16-14-31-59(63)55-28-11-8-23-48(55)2)64-36-21-35-57(69(64)56-29-12-9-24-49(56)3)50-40-43-53(44-41-50)73-66-38-19-17-32-60(66)61-45-42-51(46-68(61)73)71-72-65-37-18-20-39-67(65)74(71)52-25-5-4-6-26-52/h4-46,70H,1-3H3. The van der Waals surface area contributed by atoms with Crippen molar-refractivity contribution in [2.45, 2.75) is 26.7 Å². The van der Waals surface area contributed by atoms with E-state index in [2.05, 4.69) is 291 Å². The van der Waals surface area contributed by atoms with Crippen LogP contribution in [0, 0.1) is 20.8 Å². The van der Waals surface area contributed by atoms with Gasteiger partial charge in [-0.05, 0) is 147 Å². The SMILES string of the molecule is Cc1ccccc1-c1ccccc1C(c1ccccc1-c1ccccc1C)c1cccc(-c2ccc(-n3c4ccccc4c4ccc(-c5nc6ccccc6n5-c5ccccc5)cc43)cc2)c1-c1ccccc1C. The van der Waals surface area contributed by atoms with Crippen LogP contribution in [0.4, 0.5) is 0 Å². The zero-order valence-corrected chi connectivity index (χ0v) is 41.7. The van der Waals surface area contributed by atoms with E-state index in [0.717, 1.165) is 50.4 Å². The van der Waals surface area contributed by atoms with Gasteiger partial charge in [0.2, 0.25) is 0 Å². The number of hydrogen-bond donors (Lipinski definition) is 0. The van der Waals surface area contributed by atoms with E-state index in [0.29, 0.717) is 0 Å². The Morgan fingerprint density at radius 3 is 1.43 bits per heavy atom. The van der Waals surface area contributed by atoms with Crippen LogP contribution in [0.2, 0.25) is 0 Å². The van der Waals surface area contributed by atoms with E-state index in [1.54, 1.807) is 0 Å². The van der Waals surface area contributed by atoms with Crippen molar-refractivity contribution in [1.29, 1.82) is 0 Å². The van der Waals surface area contributed by atoms with Crippen molar-refractivity contribution in [3.8, 4) is 67.3 Å². The summed E-state index contributed by atoms with van der Waals surface area (Å²) in [5.41, 5.74) is 24.9. The van der Waals surface area contributed by atoms with Crippen molar-refractivity contribution in [3.05, 3.63) is 294 Å². The third-order valence-electron chi connectivity index (χ3n) is 15.2. The molecule has 0 amide bonds. The molecule has 3 heteroatoms. The minimum absolute atomic E-state index is 0.127. The highest BCUT2D eigenvalue weighted by atomic mass is 15.1. The Morgan fingerprint density at radius 2 is 0.784 bits per heavy atom. The zero-order valence-electron chi connectivity index (χ0n) is 41.7. The molecule has 0 aliphatic rings. The summed E-state index contributed by atoms with van der Waals surface area (Å²) in [5, 5.41) is 2.42. The summed E-state index contributed by atoms with van der Waals surface area (Å²) in [5.74, 6) is 0.786. The molecule has 74 heavy (non-hydrogen) atoms. The van der Waals surface area contributed by atoms with Crippen molar-refractivity contribution < 1.29 is 0 Å². The van der Waals surface area contributed by atoms with Gasteiger partial charge in [0.05, 0.1) is 22.1 Å². The minimum atomic E-state index is -0.127. The van der Waals surface area contributed by atoms with Crippen LogP contribution in [-0.4, -0.2) is 14.1 Å². The van der Waals surface area contributed by atoms with Crippen LogP contribution in [0.5, 0.6) is 0 Å². The molecule has 0 spiro atoms. The maximum absolute atomic E-state index is 5.27. The van der Waals surface area contributed by atoms with Crippen LogP contribution >= 0.6 is 0 Å². The van der Waals surface area contributed by atoms with Crippen LogP contribution < -0.4 is 0 Å². The van der Waals surface area contributed by atoms with E-state index in [1.165, 1.54) is 83.1 Å². The van der Waals surface area contributed by atoms with Gasteiger partial charge in [-0.25, -0.2) is 4.98 Å². The lowest BCUT2D eigenvalue weighted by Crippen LogP contribution is -2.10. The molecule has 352 valence electrons. The van der Waals surface area contributed by atoms with E-state index in [-0.39, 0.29) is 5.92 Å². The summed E-state index contributed by atoms with van der Waals surface area (Å²) in [6, 6.07) is 95.5. The van der Waals surface area contributed by atoms with E-state index < -0.39 is 0 Å². The van der Waals surface area contributed by atoms with E-state index in [4.69, 9.17) is 4.98 Å².